The first-order valence-corrected chi connectivity index (χ1v) is 12.4. The molecular weight excluding hydrogens is 494 g/mol. The van der Waals surface area contributed by atoms with Gasteiger partial charge in [0, 0.05) is 33.1 Å². The molecule has 0 amide bonds. The van der Waals surface area contributed by atoms with E-state index >= 15 is 0 Å². The van der Waals surface area contributed by atoms with Gasteiger partial charge in [-0.15, -0.1) is 11.3 Å². The Bertz CT molecular complexity index is 1320. The lowest BCUT2D eigenvalue weighted by Crippen LogP contribution is -2.21. The SMILES string of the molecule is CCOC(=O)c1cn(C2CC2)c2c(OC)c(-c3cc4c(s3)CCC(Br)C4=O)ccc2c1=O. The van der Waals surface area contributed by atoms with E-state index in [1.165, 1.54) is 0 Å². The second-order valence-electron chi connectivity index (χ2n) is 8.09. The molecule has 0 saturated heterocycles. The number of esters is 1. The number of Topliss-reactive ketones (excluding diaryl/α,β-unsaturated/α-hetero) is 1. The summed E-state index contributed by atoms with van der Waals surface area (Å²) in [6, 6.07) is 5.75. The van der Waals surface area contributed by atoms with Crippen LogP contribution in [0, 0.1) is 0 Å². The first-order valence-electron chi connectivity index (χ1n) is 10.7. The number of hydrogen-bond acceptors (Lipinski definition) is 6. The summed E-state index contributed by atoms with van der Waals surface area (Å²) in [7, 11) is 1.59. The number of aromatic nitrogens is 1. The molecule has 5 rings (SSSR count). The molecule has 1 saturated carbocycles. The third kappa shape index (κ3) is 3.40. The van der Waals surface area contributed by atoms with Gasteiger partial charge in [0.05, 0.1) is 29.4 Å². The second kappa shape index (κ2) is 8.15. The lowest BCUT2D eigenvalue weighted by Gasteiger charge is -2.17. The van der Waals surface area contributed by atoms with Crippen LogP contribution >= 0.6 is 27.3 Å². The van der Waals surface area contributed by atoms with Crippen LogP contribution in [0.3, 0.4) is 0 Å². The molecule has 1 aromatic carbocycles. The minimum atomic E-state index is -0.606. The molecule has 0 bridgehead atoms. The lowest BCUT2D eigenvalue weighted by atomic mass is 9.97. The van der Waals surface area contributed by atoms with E-state index in [0.717, 1.165) is 46.6 Å². The van der Waals surface area contributed by atoms with Gasteiger partial charge in [-0.25, -0.2) is 4.79 Å². The highest BCUT2D eigenvalue weighted by atomic mass is 79.9. The Kier molecular flexibility index (Phi) is 5.45. The highest BCUT2D eigenvalue weighted by molar-refractivity contribution is 9.10. The van der Waals surface area contributed by atoms with Crippen molar-refractivity contribution >= 4 is 49.9 Å². The maximum Gasteiger partial charge on any atom is 0.343 e. The maximum absolute atomic E-state index is 13.2. The number of rotatable bonds is 5. The van der Waals surface area contributed by atoms with E-state index < -0.39 is 5.97 Å². The molecule has 0 aliphatic heterocycles. The topological polar surface area (TPSA) is 74.6 Å². The summed E-state index contributed by atoms with van der Waals surface area (Å²) in [5, 5.41) is 0.431. The van der Waals surface area contributed by atoms with Gasteiger partial charge in [-0.1, -0.05) is 15.9 Å². The third-order valence-corrected chi connectivity index (χ3v) is 8.14. The Labute approximate surface area is 197 Å². The molecule has 1 atom stereocenters. The van der Waals surface area contributed by atoms with Gasteiger partial charge in [0.2, 0.25) is 5.43 Å². The monoisotopic (exact) mass is 515 g/mol. The summed E-state index contributed by atoms with van der Waals surface area (Å²) in [4.78, 5) is 40.1. The number of ketones is 1. The molecule has 0 spiro atoms. The minimum Gasteiger partial charge on any atom is -0.494 e. The van der Waals surface area contributed by atoms with Gasteiger partial charge in [0.1, 0.15) is 5.56 Å². The number of aryl methyl sites for hydroxylation is 1. The van der Waals surface area contributed by atoms with Crippen LogP contribution in [0.1, 0.15) is 57.8 Å². The lowest BCUT2D eigenvalue weighted by molar-refractivity contribution is 0.0524. The van der Waals surface area contributed by atoms with Crippen LogP contribution in [0.5, 0.6) is 5.75 Å². The van der Waals surface area contributed by atoms with Gasteiger partial charge < -0.3 is 14.0 Å². The van der Waals surface area contributed by atoms with E-state index in [1.807, 2.05) is 16.7 Å². The highest BCUT2D eigenvalue weighted by Gasteiger charge is 2.31. The Morgan fingerprint density at radius 3 is 2.69 bits per heavy atom. The van der Waals surface area contributed by atoms with Crippen molar-refractivity contribution in [2.24, 2.45) is 0 Å². The van der Waals surface area contributed by atoms with Crippen molar-refractivity contribution in [2.75, 3.05) is 13.7 Å². The van der Waals surface area contributed by atoms with Crippen molar-refractivity contribution in [3.8, 4) is 16.2 Å². The first-order chi connectivity index (χ1) is 15.4. The van der Waals surface area contributed by atoms with Crippen LogP contribution in [-0.2, 0) is 11.2 Å². The van der Waals surface area contributed by atoms with E-state index in [1.54, 1.807) is 37.6 Å². The third-order valence-electron chi connectivity index (χ3n) is 6.04. The van der Waals surface area contributed by atoms with Crippen LogP contribution in [0.25, 0.3) is 21.3 Å². The van der Waals surface area contributed by atoms with Gasteiger partial charge in [-0.3, -0.25) is 9.59 Å². The summed E-state index contributed by atoms with van der Waals surface area (Å²) in [5.41, 5.74) is 1.97. The van der Waals surface area contributed by atoms with Crippen LogP contribution in [0.2, 0.25) is 0 Å². The van der Waals surface area contributed by atoms with Crippen LogP contribution < -0.4 is 10.2 Å². The number of ether oxygens (including phenoxy) is 2. The van der Waals surface area contributed by atoms with E-state index in [4.69, 9.17) is 9.47 Å². The van der Waals surface area contributed by atoms with Crippen molar-refractivity contribution in [1.29, 1.82) is 0 Å². The number of methoxy groups -OCH3 is 1. The van der Waals surface area contributed by atoms with Gasteiger partial charge in [0.25, 0.3) is 0 Å². The van der Waals surface area contributed by atoms with Gasteiger partial charge >= 0.3 is 5.97 Å². The Morgan fingerprint density at radius 2 is 2.00 bits per heavy atom. The van der Waals surface area contributed by atoms with Crippen LogP contribution in [-0.4, -0.2) is 34.9 Å². The number of alkyl halides is 1. The maximum atomic E-state index is 13.2. The highest BCUT2D eigenvalue weighted by Crippen LogP contribution is 2.45. The molecule has 8 heteroatoms. The summed E-state index contributed by atoms with van der Waals surface area (Å²) in [6.07, 6.45) is 5.21. The Hall–Kier alpha value is -2.45. The number of fused-ring (bicyclic) bond motifs is 2. The van der Waals surface area contributed by atoms with Crippen LogP contribution in [0.15, 0.2) is 29.2 Å². The molecule has 3 aromatic rings. The summed E-state index contributed by atoms with van der Waals surface area (Å²) < 4.78 is 12.9. The largest absolute Gasteiger partial charge is 0.494 e. The first kappa shape index (κ1) is 21.4. The zero-order chi connectivity index (χ0) is 22.6. The number of carbonyl (C=O) groups excluding carboxylic acids is 2. The fourth-order valence-corrected chi connectivity index (χ4v) is 6.00. The number of halogens is 1. The van der Waals surface area contributed by atoms with Crippen molar-refractivity contribution < 1.29 is 19.1 Å². The summed E-state index contributed by atoms with van der Waals surface area (Å²) in [6.45, 7) is 1.93. The number of nitrogens with zero attached hydrogens (tertiary/aromatic N) is 1. The molecule has 0 N–H and O–H groups in total. The normalized spacial score (nSPS) is 18.0. The number of hydrogen-bond donors (Lipinski definition) is 0. The standard InChI is InChI=1S/C24H22BrNO5S/c1-3-31-24(29)16-11-26(12-4-5-12)20-14(21(16)27)7-6-13(23(20)30-2)19-10-15-18(32-19)9-8-17(25)22(15)28/h6-7,10-12,17H,3-5,8-9H2,1-2H3. The number of benzene rings is 1. The minimum absolute atomic E-state index is 0.0431. The van der Waals surface area contributed by atoms with Crippen molar-refractivity contribution in [1.82, 2.24) is 4.57 Å². The molecular formula is C24H22BrNO5S. The Morgan fingerprint density at radius 1 is 1.22 bits per heavy atom. The van der Waals surface area contributed by atoms with Crippen molar-refractivity contribution in [2.45, 2.75) is 43.5 Å². The smallest absolute Gasteiger partial charge is 0.343 e. The zero-order valence-corrected chi connectivity index (χ0v) is 20.2. The average Bonchev–Trinajstić information content (AvgIpc) is 3.54. The van der Waals surface area contributed by atoms with Crippen LogP contribution in [0.4, 0.5) is 0 Å². The fraction of sp³-hybridized carbons (Fsp3) is 0.375. The molecule has 2 aromatic heterocycles. The van der Waals surface area contributed by atoms with Gasteiger partial charge in [0.15, 0.2) is 11.5 Å². The quantitative estimate of drug-likeness (QED) is 0.347. The summed E-state index contributed by atoms with van der Waals surface area (Å²) >= 11 is 5.07. The summed E-state index contributed by atoms with van der Waals surface area (Å²) in [5.74, 6) is 0.0939. The van der Waals surface area contributed by atoms with E-state index in [9.17, 15) is 14.4 Å². The van der Waals surface area contributed by atoms with E-state index in [2.05, 4.69) is 15.9 Å². The molecule has 2 aliphatic carbocycles. The molecule has 6 nitrogen and oxygen atoms in total. The van der Waals surface area contributed by atoms with Crippen molar-refractivity contribution in [3.05, 3.63) is 50.6 Å². The van der Waals surface area contributed by atoms with Crippen molar-refractivity contribution in [3.63, 3.8) is 0 Å². The molecule has 1 unspecified atom stereocenters. The molecule has 2 heterocycles. The van der Waals surface area contributed by atoms with E-state index in [0.29, 0.717) is 16.7 Å². The molecule has 0 radical (unpaired) electrons. The Balaban J connectivity index is 1.74. The predicted molar refractivity (Wildman–Crippen MR) is 128 cm³/mol. The molecule has 166 valence electrons. The predicted octanol–water partition coefficient (Wildman–Crippen LogP) is 5.14. The number of pyridine rings is 1. The second-order valence-corrected chi connectivity index (χ2v) is 10.3. The zero-order valence-electron chi connectivity index (χ0n) is 17.8. The fourth-order valence-electron chi connectivity index (χ4n) is 4.33. The molecule has 2 aliphatic rings. The number of thiophene rings is 1. The van der Waals surface area contributed by atoms with Gasteiger partial charge in [-0.2, -0.15) is 0 Å². The van der Waals surface area contributed by atoms with Gasteiger partial charge in [-0.05, 0) is 50.8 Å². The average molecular weight is 516 g/mol. The van der Waals surface area contributed by atoms with E-state index in [-0.39, 0.29) is 34.3 Å². The number of carbonyl (C=O) groups is 2. The molecule has 1 fully saturated rings. The molecule has 32 heavy (non-hydrogen) atoms.